The highest BCUT2D eigenvalue weighted by atomic mass is 35.5. The van der Waals surface area contributed by atoms with E-state index in [1.807, 2.05) is 7.05 Å². The molecule has 1 aliphatic heterocycles. The van der Waals surface area contributed by atoms with Gasteiger partial charge in [-0.15, -0.1) is 12.4 Å². The topological polar surface area (TPSA) is 32.3 Å². The van der Waals surface area contributed by atoms with E-state index >= 15 is 0 Å². The van der Waals surface area contributed by atoms with Gasteiger partial charge < -0.3 is 10.2 Å². The summed E-state index contributed by atoms with van der Waals surface area (Å²) in [7, 11) is 2.02. The molecule has 1 aliphatic carbocycles. The van der Waals surface area contributed by atoms with E-state index in [0.29, 0.717) is 11.9 Å². The maximum Gasteiger partial charge on any atom is 0.225 e. The molecule has 2 fully saturated rings. The predicted molar refractivity (Wildman–Crippen MR) is 77.0 cm³/mol. The zero-order valence-electron chi connectivity index (χ0n) is 11.7. The zero-order valence-corrected chi connectivity index (χ0v) is 12.5. The summed E-state index contributed by atoms with van der Waals surface area (Å²) in [6.45, 7) is 4.33. The maximum atomic E-state index is 12.4. The highest BCUT2D eigenvalue weighted by Gasteiger charge is 2.30. The average Bonchev–Trinajstić information content (AvgIpc) is 2.38. The lowest BCUT2D eigenvalue weighted by molar-refractivity contribution is -0.138. The van der Waals surface area contributed by atoms with E-state index in [-0.39, 0.29) is 18.3 Å². The van der Waals surface area contributed by atoms with Gasteiger partial charge in [0.15, 0.2) is 0 Å². The van der Waals surface area contributed by atoms with E-state index in [9.17, 15) is 4.79 Å². The van der Waals surface area contributed by atoms with Crippen molar-refractivity contribution in [3.63, 3.8) is 0 Å². The second kappa shape index (κ2) is 7.34. The van der Waals surface area contributed by atoms with E-state index < -0.39 is 0 Å². The fourth-order valence-corrected chi connectivity index (χ4v) is 3.29. The van der Waals surface area contributed by atoms with Gasteiger partial charge in [-0.25, -0.2) is 0 Å². The maximum absolute atomic E-state index is 12.4. The summed E-state index contributed by atoms with van der Waals surface area (Å²) in [5, 5.41) is 3.32. The van der Waals surface area contributed by atoms with Crippen LogP contribution in [0.5, 0.6) is 0 Å². The number of carbonyl (C=O) groups is 1. The Labute approximate surface area is 117 Å². The van der Waals surface area contributed by atoms with Gasteiger partial charge in [-0.3, -0.25) is 4.79 Å². The van der Waals surface area contributed by atoms with E-state index in [4.69, 9.17) is 0 Å². The van der Waals surface area contributed by atoms with Gasteiger partial charge in [-0.1, -0.05) is 19.8 Å². The monoisotopic (exact) mass is 274 g/mol. The molecule has 2 rings (SSSR count). The lowest BCUT2D eigenvalue weighted by Crippen LogP contribution is -2.45. The summed E-state index contributed by atoms with van der Waals surface area (Å²) in [4.78, 5) is 14.5. The molecule has 106 valence electrons. The van der Waals surface area contributed by atoms with E-state index in [1.165, 1.54) is 25.7 Å². The molecular weight excluding hydrogens is 248 g/mol. The van der Waals surface area contributed by atoms with Crippen LogP contribution in [0.1, 0.15) is 45.4 Å². The van der Waals surface area contributed by atoms with E-state index in [0.717, 1.165) is 31.8 Å². The minimum absolute atomic E-state index is 0. The summed E-state index contributed by atoms with van der Waals surface area (Å²) in [5.74, 6) is 1.46. The molecule has 2 aliphatic rings. The third kappa shape index (κ3) is 3.86. The van der Waals surface area contributed by atoms with E-state index in [2.05, 4.69) is 17.1 Å². The Bertz CT molecular complexity index is 267. The van der Waals surface area contributed by atoms with Gasteiger partial charge in [0, 0.05) is 19.0 Å². The Morgan fingerprint density at radius 3 is 2.44 bits per heavy atom. The molecule has 1 N–H and O–H groups in total. The summed E-state index contributed by atoms with van der Waals surface area (Å²) in [5.41, 5.74) is 0. The summed E-state index contributed by atoms with van der Waals surface area (Å²) >= 11 is 0. The number of hydrogen-bond acceptors (Lipinski definition) is 2. The quantitative estimate of drug-likeness (QED) is 0.839. The molecule has 3 nitrogen and oxygen atoms in total. The molecule has 1 heterocycles. The molecule has 0 aromatic heterocycles. The predicted octanol–water partition coefficient (Wildman–Crippen LogP) is 2.44. The van der Waals surface area contributed by atoms with Gasteiger partial charge in [0.25, 0.3) is 0 Å². The molecular formula is C14H27ClN2O. The Balaban J connectivity index is 0.00000162. The fourth-order valence-electron chi connectivity index (χ4n) is 3.29. The average molecular weight is 275 g/mol. The van der Waals surface area contributed by atoms with Crippen LogP contribution in [0.4, 0.5) is 0 Å². The van der Waals surface area contributed by atoms with Gasteiger partial charge in [-0.05, 0) is 44.7 Å². The van der Waals surface area contributed by atoms with Gasteiger partial charge in [-0.2, -0.15) is 0 Å². The lowest BCUT2D eigenvalue weighted by atomic mass is 9.85. The van der Waals surface area contributed by atoms with Crippen LogP contribution in [0, 0.1) is 11.8 Å². The Hall–Kier alpha value is -0.280. The third-order valence-electron chi connectivity index (χ3n) is 4.49. The minimum atomic E-state index is 0. The zero-order chi connectivity index (χ0) is 12.3. The van der Waals surface area contributed by atoms with Gasteiger partial charge >= 0.3 is 0 Å². The molecule has 18 heavy (non-hydrogen) atoms. The fraction of sp³-hybridized carbons (Fsp3) is 0.929. The van der Waals surface area contributed by atoms with Crippen molar-refractivity contribution < 1.29 is 4.79 Å². The first kappa shape index (κ1) is 15.8. The van der Waals surface area contributed by atoms with Gasteiger partial charge in [0.1, 0.15) is 0 Å². The van der Waals surface area contributed by atoms with Crippen molar-refractivity contribution in [3.8, 4) is 0 Å². The Morgan fingerprint density at radius 2 is 1.83 bits per heavy atom. The van der Waals surface area contributed by atoms with Crippen molar-refractivity contribution in [1.82, 2.24) is 10.2 Å². The molecule has 0 aromatic rings. The molecule has 1 saturated heterocycles. The minimum Gasteiger partial charge on any atom is -0.343 e. The normalized spacial score (nSPS) is 29.4. The van der Waals surface area contributed by atoms with Gasteiger partial charge in [0.05, 0.1) is 0 Å². The largest absolute Gasteiger partial charge is 0.343 e. The highest BCUT2D eigenvalue weighted by molar-refractivity contribution is 5.85. The van der Waals surface area contributed by atoms with Crippen molar-refractivity contribution in [2.75, 3.05) is 20.1 Å². The number of nitrogens with one attached hydrogen (secondary N) is 1. The first-order chi connectivity index (χ1) is 8.18. The van der Waals surface area contributed by atoms with Crippen molar-refractivity contribution in [2.45, 2.75) is 51.5 Å². The molecule has 4 heteroatoms. The van der Waals surface area contributed by atoms with Crippen LogP contribution in [0.3, 0.4) is 0 Å². The number of hydrogen-bond donors (Lipinski definition) is 1. The number of carbonyl (C=O) groups excluding carboxylic acids is 1. The lowest BCUT2D eigenvalue weighted by Gasteiger charge is -2.36. The Morgan fingerprint density at radius 1 is 1.17 bits per heavy atom. The molecule has 1 saturated carbocycles. The van der Waals surface area contributed by atoms with Crippen molar-refractivity contribution in [2.24, 2.45) is 11.8 Å². The van der Waals surface area contributed by atoms with Crippen LogP contribution in [0.25, 0.3) is 0 Å². The standard InChI is InChI=1S/C14H26N2O.ClH/c1-11-4-3-5-13(10-11)16(2)14(17)12-6-8-15-9-7-12;/h11-13,15H,3-10H2,1-2H3;1H. The second-order valence-corrected chi connectivity index (χ2v) is 5.90. The molecule has 2 atom stereocenters. The molecule has 0 spiro atoms. The van der Waals surface area contributed by atoms with Crippen LogP contribution < -0.4 is 5.32 Å². The smallest absolute Gasteiger partial charge is 0.225 e. The summed E-state index contributed by atoms with van der Waals surface area (Å²) in [6, 6.07) is 0.501. The molecule has 2 unspecified atom stereocenters. The molecule has 0 radical (unpaired) electrons. The number of amides is 1. The summed E-state index contributed by atoms with van der Waals surface area (Å²) < 4.78 is 0. The SMILES string of the molecule is CC1CCCC(N(C)C(=O)C2CCNCC2)C1.Cl. The summed E-state index contributed by atoms with van der Waals surface area (Å²) in [6.07, 6.45) is 7.07. The van der Waals surface area contributed by atoms with Crippen molar-refractivity contribution in [3.05, 3.63) is 0 Å². The van der Waals surface area contributed by atoms with Crippen LogP contribution in [-0.2, 0) is 4.79 Å². The number of piperidine rings is 1. The van der Waals surface area contributed by atoms with Crippen LogP contribution in [-0.4, -0.2) is 37.0 Å². The van der Waals surface area contributed by atoms with Gasteiger partial charge in [0.2, 0.25) is 5.91 Å². The molecule has 0 bridgehead atoms. The van der Waals surface area contributed by atoms with Crippen LogP contribution >= 0.6 is 12.4 Å². The van der Waals surface area contributed by atoms with Crippen molar-refractivity contribution in [1.29, 1.82) is 0 Å². The first-order valence-corrected chi connectivity index (χ1v) is 7.16. The van der Waals surface area contributed by atoms with Crippen LogP contribution in [0.2, 0.25) is 0 Å². The first-order valence-electron chi connectivity index (χ1n) is 7.16. The molecule has 1 amide bonds. The third-order valence-corrected chi connectivity index (χ3v) is 4.49. The Kier molecular flexibility index (Phi) is 6.44. The van der Waals surface area contributed by atoms with Crippen molar-refractivity contribution >= 4 is 18.3 Å². The number of rotatable bonds is 2. The number of nitrogens with zero attached hydrogens (tertiary/aromatic N) is 1. The molecule has 0 aromatic carbocycles. The number of halogens is 1. The van der Waals surface area contributed by atoms with Crippen LogP contribution in [0.15, 0.2) is 0 Å². The van der Waals surface area contributed by atoms with E-state index in [1.54, 1.807) is 0 Å². The second-order valence-electron chi connectivity index (χ2n) is 5.90. The highest BCUT2D eigenvalue weighted by Crippen LogP contribution is 2.28.